The smallest absolute Gasteiger partial charge is 0.469 e. The highest BCUT2D eigenvalue weighted by molar-refractivity contribution is 7.46. The maximum atomic E-state index is 11.6. The predicted octanol–water partition coefficient (Wildman–Crippen LogP) is 0.891. The van der Waals surface area contributed by atoms with E-state index in [1.165, 1.54) is 0 Å². The van der Waals surface area contributed by atoms with Crippen LogP contribution in [0, 0.1) is 17.3 Å². The minimum Gasteiger partial charge on any atom is -0.479 e. The molecule has 1 rings (SSSR count). The molecule has 0 aliphatic carbocycles. The van der Waals surface area contributed by atoms with E-state index in [0.29, 0.717) is 19.3 Å². The van der Waals surface area contributed by atoms with Crippen molar-refractivity contribution >= 4 is 13.8 Å². The largest absolute Gasteiger partial charge is 0.479 e. The monoisotopic (exact) mass is 442 g/mol. The molecule has 0 radical (unpaired) electrons. The number of hydrogen-bond donors (Lipinski definition) is 6. The summed E-state index contributed by atoms with van der Waals surface area (Å²) in [5.74, 6) is -1.13. The Morgan fingerprint density at radius 2 is 1.79 bits per heavy atom. The molecule has 10 nitrogen and oxygen atoms in total. The molecule has 29 heavy (non-hydrogen) atoms. The first-order chi connectivity index (χ1) is 13.1. The van der Waals surface area contributed by atoms with Crippen molar-refractivity contribution in [1.29, 1.82) is 0 Å². The average molecular weight is 442 g/mol. The molecule has 0 aromatic carbocycles. The highest BCUT2D eigenvalue weighted by Crippen LogP contribution is 2.42. The lowest BCUT2D eigenvalue weighted by molar-refractivity contribution is -0.255. The third kappa shape index (κ3) is 7.25. The Kier molecular flexibility index (Phi) is 9.26. The summed E-state index contributed by atoms with van der Waals surface area (Å²) in [5, 5.41) is 39.6. The fourth-order valence-electron chi connectivity index (χ4n) is 3.62. The summed E-state index contributed by atoms with van der Waals surface area (Å²) in [5.41, 5.74) is -2.66. The summed E-state index contributed by atoms with van der Waals surface area (Å²) < 4.78 is 20.9. The maximum absolute atomic E-state index is 11.6. The van der Waals surface area contributed by atoms with Gasteiger partial charge in [-0.25, -0.2) is 9.36 Å². The highest BCUT2D eigenvalue weighted by Gasteiger charge is 2.54. The van der Waals surface area contributed by atoms with Gasteiger partial charge >= 0.3 is 13.8 Å². The number of rotatable bonds is 11. The van der Waals surface area contributed by atoms with Gasteiger partial charge in [-0.3, -0.25) is 4.52 Å². The average Bonchev–Trinajstić information content (AvgIpc) is 2.60. The molecule has 1 fully saturated rings. The Hall–Kier alpha value is -0.580. The molecule has 1 aliphatic rings. The summed E-state index contributed by atoms with van der Waals surface area (Å²) >= 11 is 0. The van der Waals surface area contributed by atoms with Crippen LogP contribution in [-0.2, 0) is 18.6 Å². The first kappa shape index (κ1) is 26.5. The van der Waals surface area contributed by atoms with E-state index in [1.807, 2.05) is 13.8 Å². The van der Waals surface area contributed by atoms with Crippen LogP contribution < -0.4 is 0 Å². The Balaban J connectivity index is 2.74. The van der Waals surface area contributed by atoms with Crippen LogP contribution >= 0.6 is 7.82 Å². The van der Waals surface area contributed by atoms with Crippen LogP contribution in [0.3, 0.4) is 0 Å². The van der Waals surface area contributed by atoms with Gasteiger partial charge in [-0.05, 0) is 36.5 Å². The van der Waals surface area contributed by atoms with Crippen molar-refractivity contribution in [3.63, 3.8) is 0 Å². The molecular weight excluding hydrogens is 407 g/mol. The van der Waals surface area contributed by atoms with Gasteiger partial charge in [0.25, 0.3) is 0 Å². The molecule has 6 N–H and O–H groups in total. The molecule has 1 heterocycles. The molecule has 6 unspecified atom stereocenters. The number of aliphatic hydroxyl groups excluding tert-OH is 3. The number of carbonyl (C=O) groups is 1. The second-order valence-corrected chi connectivity index (χ2v) is 10.1. The lowest BCUT2D eigenvalue weighted by Crippen LogP contribution is -2.63. The molecule has 0 saturated carbocycles. The van der Waals surface area contributed by atoms with Gasteiger partial charge in [-0.1, -0.05) is 27.7 Å². The van der Waals surface area contributed by atoms with Crippen molar-refractivity contribution in [2.24, 2.45) is 17.3 Å². The van der Waals surface area contributed by atoms with E-state index in [0.717, 1.165) is 0 Å². The molecule has 1 aliphatic heterocycles. The molecule has 0 aromatic rings. The summed E-state index contributed by atoms with van der Waals surface area (Å²) in [7, 11) is -4.49. The SMILES string of the molecule is CC(CCOP(=O)(O)O)C(C)CCC(C)(C)C1OC(CO)(C(=O)O)CC(O)C1O. The number of phosphoric acid groups is 1. The molecule has 172 valence electrons. The molecule has 6 atom stereocenters. The van der Waals surface area contributed by atoms with Gasteiger partial charge in [-0.15, -0.1) is 0 Å². The number of carboxylic acid groups (broad SMARTS) is 1. The minimum absolute atomic E-state index is 0.0621. The first-order valence-corrected chi connectivity index (χ1v) is 11.3. The molecule has 0 amide bonds. The minimum atomic E-state index is -4.49. The van der Waals surface area contributed by atoms with Crippen molar-refractivity contribution in [3.8, 4) is 0 Å². The zero-order chi connectivity index (χ0) is 22.6. The number of hydrogen-bond acceptors (Lipinski definition) is 7. The molecular formula is C18H35O10P. The summed E-state index contributed by atoms with van der Waals surface area (Å²) in [6, 6.07) is 0. The van der Waals surface area contributed by atoms with E-state index in [2.05, 4.69) is 4.52 Å². The van der Waals surface area contributed by atoms with Gasteiger partial charge in [0.05, 0.1) is 25.4 Å². The van der Waals surface area contributed by atoms with Crippen LogP contribution in [-0.4, -0.2) is 73.3 Å². The van der Waals surface area contributed by atoms with Gasteiger partial charge < -0.3 is 34.9 Å². The van der Waals surface area contributed by atoms with Gasteiger partial charge in [0.2, 0.25) is 0 Å². The van der Waals surface area contributed by atoms with E-state index in [9.17, 15) is 29.8 Å². The van der Waals surface area contributed by atoms with Crippen molar-refractivity contribution in [2.75, 3.05) is 13.2 Å². The predicted molar refractivity (Wildman–Crippen MR) is 103 cm³/mol. The van der Waals surface area contributed by atoms with Crippen LogP contribution in [0.2, 0.25) is 0 Å². The maximum Gasteiger partial charge on any atom is 0.469 e. The summed E-state index contributed by atoms with van der Waals surface area (Å²) in [6.07, 6.45) is -2.35. The number of aliphatic carboxylic acids is 1. The lowest BCUT2D eigenvalue weighted by Gasteiger charge is -2.48. The van der Waals surface area contributed by atoms with Crippen LogP contribution in [0.5, 0.6) is 0 Å². The molecule has 0 bridgehead atoms. The number of carboxylic acids is 1. The standard InChI is InChI=1S/C18H35O10P/c1-11(12(2)6-8-27-29(24,25)26)5-7-17(3,4)15-14(21)13(20)9-18(10-19,28-15)16(22)23/h11-15,19-21H,5-10H2,1-4H3,(H,22,23)(H2,24,25,26). The van der Waals surface area contributed by atoms with Gasteiger partial charge in [-0.2, -0.15) is 0 Å². The molecule has 0 spiro atoms. The van der Waals surface area contributed by atoms with E-state index in [4.69, 9.17) is 14.5 Å². The van der Waals surface area contributed by atoms with E-state index in [-0.39, 0.29) is 18.4 Å². The van der Waals surface area contributed by atoms with Crippen LogP contribution in [0.1, 0.15) is 53.4 Å². The van der Waals surface area contributed by atoms with Crippen molar-refractivity contribution in [3.05, 3.63) is 0 Å². The van der Waals surface area contributed by atoms with Crippen molar-refractivity contribution < 1.29 is 48.8 Å². The zero-order valence-electron chi connectivity index (χ0n) is 17.4. The van der Waals surface area contributed by atoms with E-state index >= 15 is 0 Å². The third-order valence-corrected chi connectivity index (χ3v) is 6.58. The molecule has 1 saturated heterocycles. The van der Waals surface area contributed by atoms with Crippen LogP contribution in [0.25, 0.3) is 0 Å². The fraction of sp³-hybridized carbons (Fsp3) is 0.944. The Morgan fingerprint density at radius 3 is 2.28 bits per heavy atom. The topological polar surface area (TPSA) is 174 Å². The second-order valence-electron chi connectivity index (χ2n) is 8.85. The van der Waals surface area contributed by atoms with Crippen LogP contribution in [0.4, 0.5) is 0 Å². The van der Waals surface area contributed by atoms with Gasteiger partial charge in [0.1, 0.15) is 6.10 Å². The van der Waals surface area contributed by atoms with Gasteiger partial charge in [0, 0.05) is 6.42 Å². The Bertz CT molecular complexity index is 591. The molecule has 0 aromatic heterocycles. The first-order valence-electron chi connectivity index (χ1n) is 9.73. The Morgan fingerprint density at radius 1 is 1.24 bits per heavy atom. The van der Waals surface area contributed by atoms with Gasteiger partial charge in [0.15, 0.2) is 5.60 Å². The number of phosphoric ester groups is 1. The highest BCUT2D eigenvalue weighted by atomic mass is 31.2. The quantitative estimate of drug-likeness (QED) is 0.252. The lowest BCUT2D eigenvalue weighted by atomic mass is 9.72. The summed E-state index contributed by atoms with van der Waals surface area (Å²) in [6.45, 7) is 6.66. The van der Waals surface area contributed by atoms with E-state index < -0.39 is 56.1 Å². The Labute approximate surface area is 171 Å². The van der Waals surface area contributed by atoms with Crippen LogP contribution in [0.15, 0.2) is 0 Å². The summed E-state index contributed by atoms with van der Waals surface area (Å²) in [4.78, 5) is 29.1. The zero-order valence-corrected chi connectivity index (χ0v) is 18.3. The number of ether oxygens (including phenoxy) is 1. The van der Waals surface area contributed by atoms with Crippen molar-refractivity contribution in [2.45, 2.75) is 77.3 Å². The van der Waals surface area contributed by atoms with E-state index in [1.54, 1.807) is 13.8 Å². The second kappa shape index (κ2) is 10.2. The van der Waals surface area contributed by atoms with Crippen molar-refractivity contribution in [1.82, 2.24) is 0 Å². The fourth-order valence-corrected chi connectivity index (χ4v) is 3.96. The normalized spacial score (nSPS) is 30.7. The molecule has 11 heteroatoms. The third-order valence-electron chi connectivity index (χ3n) is 6.06. The number of aliphatic hydroxyl groups is 3.